The summed E-state index contributed by atoms with van der Waals surface area (Å²) < 4.78 is 1.58. The summed E-state index contributed by atoms with van der Waals surface area (Å²) in [6.45, 7) is 6.48. The standard InChI is InChI=1S/C24H22ClN5O3/c1-24(2,3)16-10-8-15(9-11-16)22-19(29-21(27-22)13-12-20(25)28-29)14-26-23(31)17-6-4-5-7-18(17)30(32)33/h4-13H,14H2,1-3H3,(H,26,31). The van der Waals surface area contributed by atoms with Gasteiger partial charge in [-0.05, 0) is 29.2 Å². The molecule has 0 atom stereocenters. The smallest absolute Gasteiger partial charge is 0.282 e. The molecule has 0 aliphatic carbocycles. The van der Waals surface area contributed by atoms with Crippen molar-refractivity contribution in [2.24, 2.45) is 0 Å². The van der Waals surface area contributed by atoms with Gasteiger partial charge in [0.15, 0.2) is 5.65 Å². The lowest BCUT2D eigenvalue weighted by Crippen LogP contribution is -2.25. The number of amides is 1. The zero-order valence-corrected chi connectivity index (χ0v) is 19.1. The lowest BCUT2D eigenvalue weighted by Gasteiger charge is -2.19. The van der Waals surface area contributed by atoms with Gasteiger partial charge in [-0.2, -0.15) is 5.10 Å². The first-order valence-electron chi connectivity index (χ1n) is 10.3. The van der Waals surface area contributed by atoms with E-state index in [4.69, 9.17) is 16.6 Å². The van der Waals surface area contributed by atoms with Crippen LogP contribution < -0.4 is 5.32 Å². The van der Waals surface area contributed by atoms with Crippen LogP contribution in [0.1, 0.15) is 42.4 Å². The van der Waals surface area contributed by atoms with Gasteiger partial charge in [-0.25, -0.2) is 9.50 Å². The van der Waals surface area contributed by atoms with Crippen molar-refractivity contribution in [1.29, 1.82) is 0 Å². The number of nitro benzene ring substituents is 1. The van der Waals surface area contributed by atoms with Crippen LogP contribution in [0.3, 0.4) is 0 Å². The fourth-order valence-electron chi connectivity index (χ4n) is 3.56. The van der Waals surface area contributed by atoms with Crippen molar-refractivity contribution in [1.82, 2.24) is 19.9 Å². The number of carbonyl (C=O) groups excluding carboxylic acids is 1. The van der Waals surface area contributed by atoms with Crippen molar-refractivity contribution in [3.05, 3.63) is 92.8 Å². The molecule has 4 rings (SSSR count). The van der Waals surface area contributed by atoms with Crippen molar-refractivity contribution in [2.75, 3.05) is 0 Å². The zero-order valence-electron chi connectivity index (χ0n) is 18.4. The van der Waals surface area contributed by atoms with Crippen molar-refractivity contribution < 1.29 is 9.72 Å². The molecule has 4 aromatic rings. The third-order valence-corrected chi connectivity index (χ3v) is 5.53. The van der Waals surface area contributed by atoms with Crippen molar-refractivity contribution in [2.45, 2.75) is 32.7 Å². The molecule has 0 unspecified atom stereocenters. The highest BCUT2D eigenvalue weighted by Gasteiger charge is 2.22. The monoisotopic (exact) mass is 463 g/mol. The Hall–Kier alpha value is -3.78. The number of fused-ring (bicyclic) bond motifs is 1. The average Bonchev–Trinajstić information content (AvgIpc) is 3.14. The Kier molecular flexibility index (Phi) is 5.86. The molecule has 0 radical (unpaired) electrons. The Labute approximate surface area is 195 Å². The molecule has 0 saturated heterocycles. The predicted molar refractivity (Wildman–Crippen MR) is 126 cm³/mol. The molecule has 168 valence electrons. The number of nitrogens with one attached hydrogen (secondary N) is 1. The first-order valence-corrected chi connectivity index (χ1v) is 10.7. The van der Waals surface area contributed by atoms with Gasteiger partial charge < -0.3 is 5.32 Å². The molecule has 0 aliphatic rings. The Morgan fingerprint density at radius 2 is 1.79 bits per heavy atom. The number of para-hydroxylation sites is 1. The highest BCUT2D eigenvalue weighted by molar-refractivity contribution is 6.29. The molecule has 1 N–H and O–H groups in total. The Morgan fingerprint density at radius 3 is 2.45 bits per heavy atom. The number of aromatic nitrogens is 3. The molecular formula is C24H22ClN5O3. The van der Waals surface area contributed by atoms with Gasteiger partial charge in [-0.1, -0.05) is 68.8 Å². The third-order valence-electron chi connectivity index (χ3n) is 5.32. The molecule has 2 aromatic heterocycles. The van der Waals surface area contributed by atoms with E-state index < -0.39 is 10.8 Å². The summed E-state index contributed by atoms with van der Waals surface area (Å²) in [6, 6.07) is 17.3. The van der Waals surface area contributed by atoms with Gasteiger partial charge in [0, 0.05) is 11.6 Å². The summed E-state index contributed by atoms with van der Waals surface area (Å²) in [6.07, 6.45) is 0. The Morgan fingerprint density at radius 1 is 1.09 bits per heavy atom. The highest BCUT2D eigenvalue weighted by Crippen LogP contribution is 2.29. The normalized spacial score (nSPS) is 11.5. The van der Waals surface area contributed by atoms with Gasteiger partial charge in [0.25, 0.3) is 11.6 Å². The van der Waals surface area contributed by atoms with E-state index in [0.717, 1.165) is 5.56 Å². The molecule has 1 amide bonds. The largest absolute Gasteiger partial charge is 0.346 e. The van der Waals surface area contributed by atoms with E-state index in [1.165, 1.54) is 23.8 Å². The lowest BCUT2D eigenvalue weighted by atomic mass is 9.86. The van der Waals surface area contributed by atoms with E-state index in [1.54, 1.807) is 22.7 Å². The number of hydrogen-bond donors (Lipinski definition) is 1. The summed E-state index contributed by atoms with van der Waals surface area (Å²) in [4.78, 5) is 28.2. The highest BCUT2D eigenvalue weighted by atomic mass is 35.5. The fourth-order valence-corrected chi connectivity index (χ4v) is 3.70. The number of halogens is 1. The quantitative estimate of drug-likeness (QED) is 0.324. The predicted octanol–water partition coefficient (Wildman–Crippen LogP) is 5.19. The molecule has 0 bridgehead atoms. The van der Waals surface area contributed by atoms with Crippen LogP contribution in [-0.4, -0.2) is 25.4 Å². The van der Waals surface area contributed by atoms with Crippen LogP contribution in [0, 0.1) is 10.1 Å². The van der Waals surface area contributed by atoms with Crippen molar-refractivity contribution >= 4 is 28.8 Å². The average molecular weight is 464 g/mol. The number of rotatable bonds is 5. The number of carbonyl (C=O) groups is 1. The van der Waals surface area contributed by atoms with Crippen LogP contribution in [0.5, 0.6) is 0 Å². The molecule has 8 nitrogen and oxygen atoms in total. The SMILES string of the molecule is CC(C)(C)c1ccc(-c2nc3ccc(Cl)nn3c2CNC(=O)c2ccccc2[N+](=O)[O-])cc1. The molecule has 33 heavy (non-hydrogen) atoms. The van der Waals surface area contributed by atoms with Crippen LogP contribution in [-0.2, 0) is 12.0 Å². The molecule has 0 saturated carbocycles. The second-order valence-corrected chi connectivity index (χ2v) is 9.00. The minimum Gasteiger partial charge on any atom is -0.346 e. The second-order valence-electron chi connectivity index (χ2n) is 8.62. The molecule has 0 aliphatic heterocycles. The lowest BCUT2D eigenvalue weighted by molar-refractivity contribution is -0.385. The van der Waals surface area contributed by atoms with E-state index in [2.05, 4.69) is 43.3 Å². The van der Waals surface area contributed by atoms with E-state index in [9.17, 15) is 14.9 Å². The van der Waals surface area contributed by atoms with Gasteiger partial charge in [0.1, 0.15) is 10.7 Å². The maximum absolute atomic E-state index is 12.8. The topological polar surface area (TPSA) is 102 Å². The first kappa shape index (κ1) is 22.4. The molecule has 2 aromatic carbocycles. The van der Waals surface area contributed by atoms with Crippen molar-refractivity contribution in [3.8, 4) is 11.3 Å². The van der Waals surface area contributed by atoms with E-state index in [-0.39, 0.29) is 28.4 Å². The summed E-state index contributed by atoms with van der Waals surface area (Å²) >= 11 is 6.11. The third kappa shape index (κ3) is 4.56. The van der Waals surface area contributed by atoms with Gasteiger partial charge in [0.2, 0.25) is 0 Å². The number of nitrogens with zero attached hydrogens (tertiary/aromatic N) is 4. The molecule has 2 heterocycles. The van der Waals surface area contributed by atoms with E-state index in [0.29, 0.717) is 17.0 Å². The van der Waals surface area contributed by atoms with Gasteiger partial charge >= 0.3 is 0 Å². The fraction of sp³-hybridized carbons (Fsp3) is 0.208. The number of hydrogen-bond acceptors (Lipinski definition) is 5. The molecule has 9 heteroatoms. The molecule has 0 spiro atoms. The molecular weight excluding hydrogens is 442 g/mol. The van der Waals surface area contributed by atoms with E-state index in [1.807, 2.05) is 12.1 Å². The molecule has 0 fully saturated rings. The summed E-state index contributed by atoms with van der Waals surface area (Å²) in [7, 11) is 0. The van der Waals surface area contributed by atoms with Gasteiger partial charge in [0.05, 0.1) is 22.9 Å². The van der Waals surface area contributed by atoms with Crippen LogP contribution >= 0.6 is 11.6 Å². The second kappa shape index (κ2) is 8.63. The Bertz CT molecular complexity index is 1360. The zero-order chi connectivity index (χ0) is 23.8. The summed E-state index contributed by atoms with van der Waals surface area (Å²) in [5, 5.41) is 18.7. The summed E-state index contributed by atoms with van der Waals surface area (Å²) in [5.74, 6) is -0.562. The van der Waals surface area contributed by atoms with Crippen LogP contribution in [0.25, 0.3) is 16.9 Å². The van der Waals surface area contributed by atoms with Gasteiger partial charge in [-0.15, -0.1) is 0 Å². The first-order chi connectivity index (χ1) is 15.6. The minimum absolute atomic E-state index is 0.00767. The van der Waals surface area contributed by atoms with Crippen LogP contribution in [0.2, 0.25) is 5.15 Å². The van der Waals surface area contributed by atoms with Crippen LogP contribution in [0.4, 0.5) is 5.69 Å². The number of imidazole rings is 1. The Balaban J connectivity index is 1.72. The van der Waals surface area contributed by atoms with Crippen molar-refractivity contribution in [3.63, 3.8) is 0 Å². The maximum Gasteiger partial charge on any atom is 0.282 e. The minimum atomic E-state index is -0.577. The summed E-state index contributed by atoms with van der Waals surface area (Å²) in [5.41, 5.74) is 3.61. The van der Waals surface area contributed by atoms with Crippen LogP contribution in [0.15, 0.2) is 60.7 Å². The van der Waals surface area contributed by atoms with Gasteiger partial charge in [-0.3, -0.25) is 14.9 Å². The number of nitro groups is 1. The number of benzene rings is 2. The maximum atomic E-state index is 12.8. The van der Waals surface area contributed by atoms with E-state index >= 15 is 0 Å².